The lowest BCUT2D eigenvalue weighted by Gasteiger charge is -2.26. The Balaban J connectivity index is 1.79. The first-order valence-corrected chi connectivity index (χ1v) is 9.37. The smallest absolute Gasteiger partial charge is 0.306 e. The van der Waals surface area contributed by atoms with E-state index in [1.54, 1.807) is 6.20 Å². The molecular weight excluding hydrogens is 356 g/mol. The topological polar surface area (TPSA) is 81.4 Å². The van der Waals surface area contributed by atoms with Crippen molar-refractivity contribution in [2.75, 3.05) is 6.61 Å². The number of benzene rings is 1. The number of rotatable bonds is 9. The number of esters is 1. The molecule has 0 spiro atoms. The van der Waals surface area contributed by atoms with Crippen LogP contribution in [0.4, 0.5) is 0 Å². The Labute approximate surface area is 165 Å². The van der Waals surface area contributed by atoms with E-state index >= 15 is 0 Å². The quantitative estimate of drug-likeness (QED) is 0.531. The zero-order chi connectivity index (χ0) is 20.6. The van der Waals surface area contributed by atoms with E-state index in [0.717, 1.165) is 11.1 Å². The van der Waals surface area contributed by atoms with Crippen molar-refractivity contribution in [2.24, 2.45) is 0 Å². The van der Waals surface area contributed by atoms with Crippen LogP contribution < -0.4 is 5.32 Å². The molecule has 0 fully saturated rings. The molecule has 6 nitrogen and oxygen atoms in total. The minimum absolute atomic E-state index is 0.0724. The van der Waals surface area contributed by atoms with Gasteiger partial charge in [-0.25, -0.2) is 4.98 Å². The number of nitrogens with zero attached hydrogens (tertiary/aromatic N) is 1. The minimum Gasteiger partial charge on any atom is -0.456 e. The van der Waals surface area contributed by atoms with Crippen molar-refractivity contribution in [1.82, 2.24) is 10.3 Å². The number of amides is 1. The Bertz CT molecular complexity index is 842. The molecule has 6 heteroatoms. The molecule has 0 aliphatic carbocycles. The van der Waals surface area contributed by atoms with E-state index in [4.69, 9.17) is 15.6 Å². The number of hydrogen-bond donors (Lipinski definition) is 1. The van der Waals surface area contributed by atoms with E-state index in [0.29, 0.717) is 30.9 Å². The third-order valence-electron chi connectivity index (χ3n) is 4.66. The average molecular weight is 382 g/mol. The Kier molecular flexibility index (Phi) is 7.39. The number of terminal acetylenes is 1. The van der Waals surface area contributed by atoms with E-state index in [2.05, 4.69) is 16.2 Å². The van der Waals surface area contributed by atoms with Gasteiger partial charge in [0.15, 0.2) is 18.3 Å². The molecule has 0 atom stereocenters. The van der Waals surface area contributed by atoms with Gasteiger partial charge in [0, 0.05) is 12.0 Å². The van der Waals surface area contributed by atoms with Gasteiger partial charge in [-0.05, 0) is 19.8 Å². The molecule has 0 saturated carbocycles. The van der Waals surface area contributed by atoms with Crippen LogP contribution in [-0.2, 0) is 20.7 Å². The summed E-state index contributed by atoms with van der Waals surface area (Å²) in [5.41, 5.74) is 1.38. The lowest BCUT2D eigenvalue weighted by atomic mass is 9.94. The lowest BCUT2D eigenvalue weighted by Crippen LogP contribution is -2.48. The Hall–Kier alpha value is -3.07. The molecule has 0 saturated heterocycles. The van der Waals surface area contributed by atoms with Gasteiger partial charge in [0.2, 0.25) is 0 Å². The van der Waals surface area contributed by atoms with Gasteiger partial charge in [0.05, 0.1) is 12.6 Å². The first kappa shape index (κ1) is 21.2. The second-order valence-electron chi connectivity index (χ2n) is 6.63. The summed E-state index contributed by atoms with van der Waals surface area (Å²) in [6, 6.07) is 7.89. The summed E-state index contributed by atoms with van der Waals surface area (Å²) in [5.74, 6) is 2.79. The van der Waals surface area contributed by atoms with E-state index in [1.165, 1.54) is 0 Å². The van der Waals surface area contributed by atoms with Crippen molar-refractivity contribution in [2.45, 2.75) is 52.0 Å². The summed E-state index contributed by atoms with van der Waals surface area (Å²) >= 11 is 0. The monoisotopic (exact) mass is 382 g/mol. The van der Waals surface area contributed by atoms with Crippen LogP contribution in [0.25, 0.3) is 11.3 Å². The van der Waals surface area contributed by atoms with Crippen LogP contribution in [0.3, 0.4) is 0 Å². The molecule has 2 rings (SSSR count). The van der Waals surface area contributed by atoms with Crippen LogP contribution in [0, 0.1) is 19.3 Å². The standard InChI is InChI=1S/C22H26N2O4/c1-5-22(6-2,7-3)24-19(25)15-27-21(26)13-12-20-23-14-18(28-20)17-10-8-16(4)9-11-17/h1,8-11,14H,6-7,12-13,15H2,2-4H3,(H,24,25). The lowest BCUT2D eigenvalue weighted by molar-refractivity contribution is -0.149. The summed E-state index contributed by atoms with van der Waals surface area (Å²) in [5, 5.41) is 2.75. The molecule has 0 aliphatic rings. The fourth-order valence-corrected chi connectivity index (χ4v) is 2.67. The number of nitrogens with one attached hydrogen (secondary N) is 1. The summed E-state index contributed by atoms with van der Waals surface area (Å²) in [4.78, 5) is 28.1. The molecule has 2 aromatic rings. The zero-order valence-electron chi connectivity index (χ0n) is 16.6. The predicted molar refractivity (Wildman–Crippen MR) is 106 cm³/mol. The molecule has 0 radical (unpaired) electrons. The highest BCUT2D eigenvalue weighted by Gasteiger charge is 2.25. The third-order valence-corrected chi connectivity index (χ3v) is 4.66. The van der Waals surface area contributed by atoms with Gasteiger partial charge in [-0.1, -0.05) is 49.6 Å². The molecule has 1 N–H and O–H groups in total. The summed E-state index contributed by atoms with van der Waals surface area (Å²) < 4.78 is 10.7. The number of ether oxygens (including phenoxy) is 1. The highest BCUT2D eigenvalue weighted by molar-refractivity contribution is 5.81. The molecule has 1 amide bonds. The molecule has 0 bridgehead atoms. The zero-order valence-corrected chi connectivity index (χ0v) is 16.6. The average Bonchev–Trinajstić information content (AvgIpc) is 3.18. The van der Waals surface area contributed by atoms with Crippen molar-refractivity contribution in [1.29, 1.82) is 0 Å². The summed E-state index contributed by atoms with van der Waals surface area (Å²) in [6.45, 7) is 5.45. The third kappa shape index (κ3) is 5.71. The number of aromatic nitrogens is 1. The molecule has 148 valence electrons. The summed E-state index contributed by atoms with van der Waals surface area (Å²) in [7, 11) is 0. The largest absolute Gasteiger partial charge is 0.456 e. The van der Waals surface area contributed by atoms with Gasteiger partial charge in [-0.2, -0.15) is 0 Å². The Morgan fingerprint density at radius 3 is 2.54 bits per heavy atom. The highest BCUT2D eigenvalue weighted by atomic mass is 16.5. The van der Waals surface area contributed by atoms with Crippen LogP contribution in [0.5, 0.6) is 0 Å². The van der Waals surface area contributed by atoms with Gasteiger partial charge in [0.1, 0.15) is 5.54 Å². The molecule has 0 aliphatic heterocycles. The summed E-state index contributed by atoms with van der Waals surface area (Å²) in [6.07, 6.45) is 8.72. The van der Waals surface area contributed by atoms with Crippen molar-refractivity contribution < 1.29 is 18.7 Å². The normalized spacial score (nSPS) is 10.9. The van der Waals surface area contributed by atoms with Gasteiger partial charge in [-0.3, -0.25) is 9.59 Å². The highest BCUT2D eigenvalue weighted by Crippen LogP contribution is 2.21. The second-order valence-corrected chi connectivity index (χ2v) is 6.63. The van der Waals surface area contributed by atoms with Crippen molar-refractivity contribution in [3.63, 3.8) is 0 Å². The molecule has 1 aromatic carbocycles. The van der Waals surface area contributed by atoms with Crippen molar-refractivity contribution in [3.05, 3.63) is 41.9 Å². The van der Waals surface area contributed by atoms with Crippen LogP contribution in [0.2, 0.25) is 0 Å². The van der Waals surface area contributed by atoms with E-state index in [-0.39, 0.29) is 13.0 Å². The van der Waals surface area contributed by atoms with E-state index in [9.17, 15) is 9.59 Å². The SMILES string of the molecule is C#CC(CC)(CC)NC(=O)COC(=O)CCc1ncc(-c2ccc(C)cc2)o1. The number of oxazole rings is 1. The first-order valence-electron chi connectivity index (χ1n) is 9.37. The van der Waals surface area contributed by atoms with E-state index < -0.39 is 17.4 Å². The molecule has 1 heterocycles. The van der Waals surface area contributed by atoms with Gasteiger partial charge in [0.25, 0.3) is 5.91 Å². The number of aryl methyl sites for hydroxylation is 2. The van der Waals surface area contributed by atoms with Gasteiger partial charge >= 0.3 is 5.97 Å². The molecule has 28 heavy (non-hydrogen) atoms. The van der Waals surface area contributed by atoms with Crippen LogP contribution in [-0.4, -0.2) is 29.0 Å². The predicted octanol–water partition coefficient (Wildman–Crippen LogP) is 3.43. The first-order chi connectivity index (χ1) is 13.4. The van der Waals surface area contributed by atoms with Crippen LogP contribution >= 0.6 is 0 Å². The Morgan fingerprint density at radius 2 is 1.93 bits per heavy atom. The van der Waals surface area contributed by atoms with Gasteiger partial charge in [-0.15, -0.1) is 6.42 Å². The fraction of sp³-hybridized carbons (Fsp3) is 0.409. The maximum absolute atomic E-state index is 12.0. The van der Waals surface area contributed by atoms with Crippen LogP contribution in [0.15, 0.2) is 34.9 Å². The number of carbonyl (C=O) groups is 2. The van der Waals surface area contributed by atoms with Crippen LogP contribution in [0.1, 0.15) is 44.6 Å². The molecule has 0 unspecified atom stereocenters. The van der Waals surface area contributed by atoms with Crippen molar-refractivity contribution in [3.8, 4) is 23.7 Å². The number of hydrogen-bond acceptors (Lipinski definition) is 5. The van der Waals surface area contributed by atoms with Gasteiger partial charge < -0.3 is 14.5 Å². The molecule has 1 aromatic heterocycles. The minimum atomic E-state index is -0.700. The maximum Gasteiger partial charge on any atom is 0.306 e. The van der Waals surface area contributed by atoms with E-state index in [1.807, 2.05) is 45.0 Å². The second kappa shape index (κ2) is 9.75. The number of carbonyl (C=O) groups excluding carboxylic acids is 2. The molecular formula is C22H26N2O4. The maximum atomic E-state index is 12.0. The van der Waals surface area contributed by atoms with Crippen molar-refractivity contribution >= 4 is 11.9 Å². The Morgan fingerprint density at radius 1 is 1.25 bits per heavy atom. The fourth-order valence-electron chi connectivity index (χ4n) is 2.67.